The highest BCUT2D eigenvalue weighted by Crippen LogP contribution is 2.30. The molecule has 1 rings (SSSR count). The van der Waals surface area contributed by atoms with Crippen LogP contribution in [0.3, 0.4) is 0 Å². The number of benzene rings is 1. The summed E-state index contributed by atoms with van der Waals surface area (Å²) in [4.78, 5) is 10.1. The maximum Gasteiger partial charge on any atom is 0.311 e. The second-order valence-electron chi connectivity index (χ2n) is 2.85. The van der Waals surface area contributed by atoms with Crippen LogP contribution in [0.25, 0.3) is 0 Å². The van der Waals surface area contributed by atoms with Gasteiger partial charge in [0.1, 0.15) is 12.4 Å². The molecule has 0 saturated carbocycles. The van der Waals surface area contributed by atoms with Crippen molar-refractivity contribution >= 4 is 5.69 Å². The zero-order chi connectivity index (χ0) is 12.0. The Hall–Kier alpha value is -2.29. The first-order chi connectivity index (χ1) is 7.69. The summed E-state index contributed by atoms with van der Waals surface area (Å²) >= 11 is 0. The minimum Gasteiger partial charge on any atom is -0.497 e. The van der Waals surface area contributed by atoms with E-state index in [1.165, 1.54) is 25.3 Å². The predicted octanol–water partition coefficient (Wildman–Crippen LogP) is 1.90. The van der Waals surface area contributed by atoms with Gasteiger partial charge in [0.15, 0.2) is 0 Å². The Balaban J connectivity index is 2.92. The Morgan fingerprint density at radius 3 is 2.88 bits per heavy atom. The average molecular weight is 222 g/mol. The summed E-state index contributed by atoms with van der Waals surface area (Å²) in [5, 5.41) is 19.0. The van der Waals surface area contributed by atoms with Gasteiger partial charge in [-0.3, -0.25) is 10.1 Å². The van der Waals surface area contributed by atoms with Crippen LogP contribution in [-0.4, -0.2) is 18.6 Å². The molecule has 0 aliphatic heterocycles. The molecule has 84 valence electrons. The summed E-state index contributed by atoms with van der Waals surface area (Å²) in [5.41, 5.74) is -0.140. The quantitative estimate of drug-likeness (QED) is 0.431. The van der Waals surface area contributed by atoms with E-state index in [-0.39, 0.29) is 24.5 Å². The Labute approximate surface area is 92.2 Å². The van der Waals surface area contributed by atoms with Gasteiger partial charge in [0.2, 0.25) is 5.75 Å². The van der Waals surface area contributed by atoms with Crippen molar-refractivity contribution in [2.75, 3.05) is 13.7 Å². The molecule has 0 saturated heterocycles. The number of hydrogen-bond donors (Lipinski definition) is 0. The smallest absolute Gasteiger partial charge is 0.311 e. The topological polar surface area (TPSA) is 85.4 Å². The molecule has 0 atom stereocenters. The molecule has 0 N–H and O–H groups in total. The van der Waals surface area contributed by atoms with E-state index in [2.05, 4.69) is 0 Å². The molecule has 0 heterocycles. The second-order valence-corrected chi connectivity index (χ2v) is 2.85. The fourth-order valence-electron chi connectivity index (χ4n) is 1.09. The lowest BCUT2D eigenvalue weighted by Gasteiger charge is -2.06. The third-order valence-corrected chi connectivity index (χ3v) is 1.84. The van der Waals surface area contributed by atoms with E-state index in [4.69, 9.17) is 14.7 Å². The van der Waals surface area contributed by atoms with E-state index < -0.39 is 4.92 Å². The summed E-state index contributed by atoms with van der Waals surface area (Å²) in [6.45, 7) is 0.116. The van der Waals surface area contributed by atoms with Crippen molar-refractivity contribution in [3.8, 4) is 17.6 Å². The summed E-state index contributed by atoms with van der Waals surface area (Å²) in [5.74, 6) is 0.581. The van der Waals surface area contributed by atoms with E-state index in [0.717, 1.165) is 0 Å². The van der Waals surface area contributed by atoms with Crippen LogP contribution in [-0.2, 0) is 0 Å². The van der Waals surface area contributed by atoms with Gasteiger partial charge in [0.05, 0.1) is 24.5 Å². The van der Waals surface area contributed by atoms with Crippen LogP contribution < -0.4 is 9.47 Å². The van der Waals surface area contributed by atoms with E-state index >= 15 is 0 Å². The molecule has 1 aromatic carbocycles. The van der Waals surface area contributed by atoms with Gasteiger partial charge in [0.25, 0.3) is 0 Å². The zero-order valence-corrected chi connectivity index (χ0v) is 8.67. The minimum atomic E-state index is -0.541. The van der Waals surface area contributed by atoms with Crippen molar-refractivity contribution in [1.29, 1.82) is 5.26 Å². The van der Waals surface area contributed by atoms with Crippen molar-refractivity contribution in [1.82, 2.24) is 0 Å². The number of ether oxygens (including phenoxy) is 2. The van der Waals surface area contributed by atoms with Gasteiger partial charge in [-0.05, 0) is 6.07 Å². The normalized spacial score (nSPS) is 9.25. The first-order valence-electron chi connectivity index (χ1n) is 4.51. The van der Waals surface area contributed by atoms with Crippen LogP contribution in [0, 0.1) is 21.4 Å². The molecular weight excluding hydrogens is 212 g/mol. The Morgan fingerprint density at radius 1 is 1.56 bits per heavy atom. The van der Waals surface area contributed by atoms with Crippen molar-refractivity contribution in [2.45, 2.75) is 6.42 Å². The van der Waals surface area contributed by atoms with E-state index in [9.17, 15) is 10.1 Å². The molecule has 0 bridgehead atoms. The highest BCUT2D eigenvalue weighted by molar-refractivity contribution is 5.50. The molecule has 0 unspecified atom stereocenters. The monoisotopic (exact) mass is 222 g/mol. The Bertz CT molecular complexity index is 425. The molecule has 16 heavy (non-hydrogen) atoms. The lowest BCUT2D eigenvalue weighted by molar-refractivity contribution is -0.385. The number of hydrogen-bond acceptors (Lipinski definition) is 5. The number of nitro groups is 1. The molecule has 0 radical (unpaired) electrons. The molecule has 1 aromatic rings. The van der Waals surface area contributed by atoms with Crippen LogP contribution >= 0.6 is 0 Å². The van der Waals surface area contributed by atoms with Crippen molar-refractivity contribution in [2.24, 2.45) is 0 Å². The largest absolute Gasteiger partial charge is 0.497 e. The lowest BCUT2D eigenvalue weighted by atomic mass is 10.3. The van der Waals surface area contributed by atoms with Gasteiger partial charge >= 0.3 is 5.69 Å². The predicted molar refractivity (Wildman–Crippen MR) is 55.4 cm³/mol. The highest BCUT2D eigenvalue weighted by atomic mass is 16.6. The summed E-state index contributed by atoms with van der Waals surface area (Å²) in [7, 11) is 1.46. The zero-order valence-electron chi connectivity index (χ0n) is 8.67. The fourth-order valence-corrected chi connectivity index (χ4v) is 1.09. The van der Waals surface area contributed by atoms with Crippen LogP contribution in [0.1, 0.15) is 6.42 Å². The first-order valence-corrected chi connectivity index (χ1v) is 4.51. The number of nitriles is 1. The molecule has 0 fully saturated rings. The maximum absolute atomic E-state index is 10.7. The van der Waals surface area contributed by atoms with Gasteiger partial charge in [-0.15, -0.1) is 0 Å². The van der Waals surface area contributed by atoms with Crippen LogP contribution in [0.2, 0.25) is 0 Å². The molecule has 6 heteroatoms. The van der Waals surface area contributed by atoms with Crippen LogP contribution in [0.5, 0.6) is 11.5 Å². The molecule has 0 amide bonds. The van der Waals surface area contributed by atoms with E-state index in [0.29, 0.717) is 5.75 Å². The first kappa shape index (κ1) is 11.8. The van der Waals surface area contributed by atoms with Gasteiger partial charge in [-0.1, -0.05) is 0 Å². The van der Waals surface area contributed by atoms with Crippen LogP contribution in [0.15, 0.2) is 18.2 Å². The van der Waals surface area contributed by atoms with Crippen molar-refractivity contribution < 1.29 is 14.4 Å². The second kappa shape index (κ2) is 5.56. The van der Waals surface area contributed by atoms with Crippen molar-refractivity contribution in [3.05, 3.63) is 28.3 Å². The summed E-state index contributed by atoms with van der Waals surface area (Å²) in [6.07, 6.45) is 0.175. The maximum atomic E-state index is 10.7. The third-order valence-electron chi connectivity index (χ3n) is 1.84. The SMILES string of the molecule is COc1ccc([N+](=O)[O-])c(OCCC#N)c1. The molecule has 0 aliphatic rings. The summed E-state index contributed by atoms with van der Waals surface area (Å²) in [6, 6.07) is 6.10. The van der Waals surface area contributed by atoms with Gasteiger partial charge < -0.3 is 9.47 Å². The molecule has 0 aromatic heterocycles. The lowest BCUT2D eigenvalue weighted by Crippen LogP contribution is -2.00. The summed E-state index contributed by atoms with van der Waals surface area (Å²) < 4.78 is 10.1. The number of rotatable bonds is 5. The molecular formula is C10H10N2O4. The van der Waals surface area contributed by atoms with Crippen LogP contribution in [0.4, 0.5) is 5.69 Å². The number of nitrogens with zero attached hydrogens (tertiary/aromatic N) is 2. The van der Waals surface area contributed by atoms with E-state index in [1.807, 2.05) is 6.07 Å². The van der Waals surface area contributed by atoms with Gasteiger partial charge in [0, 0.05) is 12.1 Å². The fraction of sp³-hybridized carbons (Fsp3) is 0.300. The van der Waals surface area contributed by atoms with Crippen molar-refractivity contribution in [3.63, 3.8) is 0 Å². The molecule has 6 nitrogen and oxygen atoms in total. The van der Waals surface area contributed by atoms with E-state index in [1.54, 1.807) is 0 Å². The van der Waals surface area contributed by atoms with Gasteiger partial charge in [-0.2, -0.15) is 5.26 Å². The number of methoxy groups -OCH3 is 1. The average Bonchev–Trinajstić information content (AvgIpc) is 2.29. The Morgan fingerprint density at radius 2 is 2.31 bits per heavy atom. The molecule has 0 spiro atoms. The highest BCUT2D eigenvalue weighted by Gasteiger charge is 2.15. The minimum absolute atomic E-state index is 0.111. The third kappa shape index (κ3) is 2.85. The standard InChI is InChI=1S/C10H10N2O4/c1-15-8-3-4-9(12(13)14)10(7-8)16-6-2-5-11/h3-4,7H,2,6H2,1H3. The Kier molecular flexibility index (Phi) is 4.09. The van der Waals surface area contributed by atoms with Gasteiger partial charge in [-0.25, -0.2) is 0 Å². The number of nitro benzene ring substituents is 1. The molecule has 0 aliphatic carbocycles.